The lowest BCUT2D eigenvalue weighted by Crippen LogP contribution is -2.08. The molecule has 2 rings (SSSR count). The Morgan fingerprint density at radius 2 is 1.58 bits per heavy atom. The number of aryl methyl sites for hydroxylation is 1. The molecule has 1 N–H and O–H groups in total. The number of carbonyl (C=O) groups is 1. The molecule has 2 heteroatoms. The van der Waals surface area contributed by atoms with E-state index in [0.29, 0.717) is 0 Å². The molecule has 0 bridgehead atoms. The van der Waals surface area contributed by atoms with Crippen LogP contribution in [0.25, 0.3) is 0 Å². The summed E-state index contributed by atoms with van der Waals surface area (Å²) < 4.78 is 0. The number of rotatable bonds is 5. The molecule has 98 valence electrons. The molecule has 0 spiro atoms. The Morgan fingerprint density at radius 3 is 2.11 bits per heavy atom. The molecule has 0 aliphatic rings. The Balaban J connectivity index is 2.34. The van der Waals surface area contributed by atoms with Crippen molar-refractivity contribution in [1.82, 2.24) is 0 Å². The number of hydrogen-bond acceptors (Lipinski definition) is 1. The Hall–Kier alpha value is -2.09. The van der Waals surface area contributed by atoms with E-state index < -0.39 is 5.97 Å². The standard InChI is InChI=1S/C17H18O2/c1-2-13-8-10-15(11-9-13)16(12-17(18)19)14-6-4-3-5-7-14/h3-11,16H,2,12H2,1H3,(H,18,19). The predicted molar refractivity (Wildman–Crippen MR) is 76.4 cm³/mol. The second kappa shape index (κ2) is 6.19. The molecule has 1 unspecified atom stereocenters. The molecule has 0 aliphatic heterocycles. The van der Waals surface area contributed by atoms with Gasteiger partial charge in [-0.25, -0.2) is 0 Å². The van der Waals surface area contributed by atoms with Gasteiger partial charge in [0.25, 0.3) is 0 Å². The van der Waals surface area contributed by atoms with E-state index in [0.717, 1.165) is 17.5 Å². The lowest BCUT2D eigenvalue weighted by atomic mass is 9.88. The maximum absolute atomic E-state index is 11.1. The Kier molecular flexibility index (Phi) is 4.35. The second-order valence-corrected chi connectivity index (χ2v) is 4.66. The van der Waals surface area contributed by atoms with E-state index in [4.69, 9.17) is 5.11 Å². The van der Waals surface area contributed by atoms with Crippen molar-refractivity contribution in [3.05, 3.63) is 71.3 Å². The molecule has 0 fully saturated rings. The average molecular weight is 254 g/mol. The van der Waals surface area contributed by atoms with Crippen molar-refractivity contribution in [1.29, 1.82) is 0 Å². The van der Waals surface area contributed by atoms with Crippen molar-refractivity contribution < 1.29 is 9.90 Å². The Bertz CT molecular complexity index is 529. The molecule has 2 aromatic carbocycles. The van der Waals surface area contributed by atoms with Crippen molar-refractivity contribution in [3.8, 4) is 0 Å². The summed E-state index contributed by atoms with van der Waals surface area (Å²) in [6.45, 7) is 2.11. The van der Waals surface area contributed by atoms with Crippen molar-refractivity contribution in [2.75, 3.05) is 0 Å². The van der Waals surface area contributed by atoms with E-state index >= 15 is 0 Å². The van der Waals surface area contributed by atoms with Gasteiger partial charge in [-0.3, -0.25) is 4.79 Å². The molecule has 19 heavy (non-hydrogen) atoms. The van der Waals surface area contributed by atoms with Gasteiger partial charge in [0.05, 0.1) is 6.42 Å². The van der Waals surface area contributed by atoms with Crippen LogP contribution in [0.3, 0.4) is 0 Å². The van der Waals surface area contributed by atoms with Crippen LogP contribution in [-0.4, -0.2) is 11.1 Å². The number of benzene rings is 2. The van der Waals surface area contributed by atoms with Crippen LogP contribution >= 0.6 is 0 Å². The zero-order chi connectivity index (χ0) is 13.7. The van der Waals surface area contributed by atoms with Gasteiger partial charge in [0.2, 0.25) is 0 Å². The van der Waals surface area contributed by atoms with Gasteiger partial charge in [0.15, 0.2) is 0 Å². The van der Waals surface area contributed by atoms with Crippen molar-refractivity contribution in [3.63, 3.8) is 0 Å². The third-order valence-corrected chi connectivity index (χ3v) is 3.37. The van der Waals surface area contributed by atoms with Crippen LogP contribution in [0.4, 0.5) is 0 Å². The molecular formula is C17H18O2. The highest BCUT2D eigenvalue weighted by atomic mass is 16.4. The fraction of sp³-hybridized carbons (Fsp3) is 0.235. The maximum atomic E-state index is 11.1. The molecule has 0 saturated carbocycles. The Labute approximate surface area is 113 Å². The zero-order valence-corrected chi connectivity index (χ0v) is 11.0. The Morgan fingerprint density at radius 1 is 1.00 bits per heavy atom. The van der Waals surface area contributed by atoms with Crippen LogP contribution in [0.1, 0.15) is 36.0 Å². The normalized spacial score (nSPS) is 12.1. The van der Waals surface area contributed by atoms with E-state index in [9.17, 15) is 4.79 Å². The molecule has 1 atom stereocenters. The first-order valence-corrected chi connectivity index (χ1v) is 6.56. The van der Waals surface area contributed by atoms with Crippen molar-refractivity contribution >= 4 is 5.97 Å². The second-order valence-electron chi connectivity index (χ2n) is 4.66. The van der Waals surface area contributed by atoms with Crippen LogP contribution in [0.2, 0.25) is 0 Å². The molecule has 0 saturated heterocycles. The monoisotopic (exact) mass is 254 g/mol. The highest BCUT2D eigenvalue weighted by Gasteiger charge is 2.17. The maximum Gasteiger partial charge on any atom is 0.304 e. The van der Waals surface area contributed by atoms with Crippen molar-refractivity contribution in [2.24, 2.45) is 0 Å². The van der Waals surface area contributed by atoms with E-state index in [-0.39, 0.29) is 12.3 Å². The van der Waals surface area contributed by atoms with Gasteiger partial charge in [-0.2, -0.15) is 0 Å². The van der Waals surface area contributed by atoms with Gasteiger partial charge < -0.3 is 5.11 Å². The van der Waals surface area contributed by atoms with Crippen LogP contribution in [0, 0.1) is 0 Å². The van der Waals surface area contributed by atoms with E-state index in [2.05, 4.69) is 19.1 Å². The number of carboxylic acids is 1. The van der Waals surface area contributed by atoms with Gasteiger partial charge in [0.1, 0.15) is 0 Å². The van der Waals surface area contributed by atoms with Crippen LogP contribution in [0.5, 0.6) is 0 Å². The molecule has 0 amide bonds. The quantitative estimate of drug-likeness (QED) is 0.879. The summed E-state index contributed by atoms with van der Waals surface area (Å²) in [6, 6.07) is 18.1. The summed E-state index contributed by atoms with van der Waals surface area (Å²) in [4.78, 5) is 11.1. The molecule has 0 aliphatic carbocycles. The third-order valence-electron chi connectivity index (χ3n) is 3.37. The highest BCUT2D eigenvalue weighted by molar-refractivity contribution is 5.69. The third kappa shape index (κ3) is 3.44. The topological polar surface area (TPSA) is 37.3 Å². The fourth-order valence-corrected chi connectivity index (χ4v) is 2.27. The zero-order valence-electron chi connectivity index (χ0n) is 11.0. The van der Waals surface area contributed by atoms with Crippen LogP contribution < -0.4 is 0 Å². The summed E-state index contributed by atoms with van der Waals surface area (Å²) >= 11 is 0. The summed E-state index contributed by atoms with van der Waals surface area (Å²) in [5.41, 5.74) is 3.38. The number of hydrogen-bond donors (Lipinski definition) is 1. The molecule has 2 aromatic rings. The largest absolute Gasteiger partial charge is 0.481 e. The molecule has 0 radical (unpaired) electrons. The smallest absolute Gasteiger partial charge is 0.304 e. The van der Waals surface area contributed by atoms with Crippen LogP contribution in [0.15, 0.2) is 54.6 Å². The lowest BCUT2D eigenvalue weighted by molar-refractivity contribution is -0.137. The van der Waals surface area contributed by atoms with E-state index in [1.165, 1.54) is 5.56 Å². The molecular weight excluding hydrogens is 236 g/mol. The minimum Gasteiger partial charge on any atom is -0.481 e. The minimum atomic E-state index is -0.770. The van der Waals surface area contributed by atoms with E-state index in [1.54, 1.807) is 0 Å². The van der Waals surface area contributed by atoms with Crippen LogP contribution in [-0.2, 0) is 11.2 Å². The fourth-order valence-electron chi connectivity index (χ4n) is 2.27. The molecule has 2 nitrogen and oxygen atoms in total. The summed E-state index contributed by atoms with van der Waals surface area (Å²) in [5.74, 6) is -0.849. The SMILES string of the molecule is CCc1ccc(C(CC(=O)O)c2ccccc2)cc1. The predicted octanol–water partition coefficient (Wildman–Crippen LogP) is 3.86. The first kappa shape index (κ1) is 13.3. The highest BCUT2D eigenvalue weighted by Crippen LogP contribution is 2.28. The summed E-state index contributed by atoms with van der Waals surface area (Å²) in [6.07, 6.45) is 1.12. The van der Waals surface area contributed by atoms with Gasteiger partial charge in [-0.15, -0.1) is 0 Å². The molecule has 0 heterocycles. The van der Waals surface area contributed by atoms with E-state index in [1.807, 2.05) is 42.5 Å². The first-order valence-electron chi connectivity index (χ1n) is 6.56. The lowest BCUT2D eigenvalue weighted by Gasteiger charge is -2.16. The first-order chi connectivity index (χ1) is 9.20. The average Bonchev–Trinajstić information content (AvgIpc) is 2.46. The van der Waals surface area contributed by atoms with Crippen molar-refractivity contribution in [2.45, 2.75) is 25.7 Å². The van der Waals surface area contributed by atoms with Gasteiger partial charge in [-0.05, 0) is 23.1 Å². The van der Waals surface area contributed by atoms with Gasteiger partial charge >= 0.3 is 5.97 Å². The molecule has 0 aromatic heterocycles. The summed E-state index contributed by atoms with van der Waals surface area (Å²) in [7, 11) is 0. The van der Waals surface area contributed by atoms with Gasteiger partial charge in [0, 0.05) is 5.92 Å². The number of aliphatic carboxylic acids is 1. The summed E-state index contributed by atoms with van der Waals surface area (Å²) in [5, 5.41) is 9.11. The minimum absolute atomic E-state index is 0.0791. The number of carboxylic acid groups (broad SMARTS) is 1. The van der Waals surface area contributed by atoms with Gasteiger partial charge in [-0.1, -0.05) is 61.5 Å².